The van der Waals surface area contributed by atoms with E-state index in [4.69, 9.17) is 23.6 Å². The lowest BCUT2D eigenvalue weighted by Crippen LogP contribution is -2.29. The van der Waals surface area contributed by atoms with Gasteiger partial charge in [-0.2, -0.15) is 0 Å². The van der Waals surface area contributed by atoms with Gasteiger partial charge in [-0.25, -0.2) is 4.57 Å². The number of rotatable bonds is 48. The molecule has 9 nitrogen and oxygen atoms in total. The maximum Gasteiger partial charge on any atom is 0.472 e. The molecule has 0 heterocycles. The summed E-state index contributed by atoms with van der Waals surface area (Å²) in [4.78, 5) is 22.6. The molecule has 0 aromatic heterocycles. The van der Waals surface area contributed by atoms with Crippen LogP contribution in [0.2, 0.25) is 0 Å². The fourth-order valence-corrected chi connectivity index (χ4v) is 7.76. The van der Waals surface area contributed by atoms with Gasteiger partial charge in [-0.1, -0.05) is 192 Å². The molecule has 0 bridgehead atoms. The number of aliphatic hydroxyl groups excluding tert-OH is 2. The molecule has 3 N–H and O–H groups in total. The van der Waals surface area contributed by atoms with E-state index >= 15 is 0 Å². The number of hydrogen-bond acceptors (Lipinski definition) is 8. The van der Waals surface area contributed by atoms with Crippen molar-refractivity contribution in [2.45, 2.75) is 244 Å². The highest BCUT2D eigenvalue weighted by Gasteiger charge is 2.26. The van der Waals surface area contributed by atoms with Gasteiger partial charge in [-0.3, -0.25) is 13.8 Å². The Labute approximate surface area is 369 Å². The minimum absolute atomic E-state index is 0.0467. The van der Waals surface area contributed by atoms with Crippen LogP contribution in [0.25, 0.3) is 0 Å². The lowest BCUT2D eigenvalue weighted by Gasteiger charge is -2.20. The molecule has 0 rings (SSSR count). The molecule has 0 saturated carbocycles. The minimum Gasteiger partial charge on any atom is -0.457 e. The maximum atomic E-state index is 12.6. The van der Waals surface area contributed by atoms with Crippen LogP contribution in [0.5, 0.6) is 0 Å². The lowest BCUT2D eigenvalue weighted by atomic mass is 10.0. The monoisotopic (exact) mass is 871 g/mol. The molecule has 0 amide bonds. The average molecular weight is 871 g/mol. The summed E-state index contributed by atoms with van der Waals surface area (Å²) in [5.41, 5.74) is 0. The van der Waals surface area contributed by atoms with Gasteiger partial charge in [0.1, 0.15) is 12.2 Å². The number of ether oxygens (including phenoxy) is 2. The van der Waals surface area contributed by atoms with E-state index in [0.717, 1.165) is 64.2 Å². The van der Waals surface area contributed by atoms with E-state index in [2.05, 4.69) is 50.3 Å². The summed E-state index contributed by atoms with van der Waals surface area (Å²) in [7, 11) is -4.52. The third kappa shape index (κ3) is 46.2. The highest BCUT2D eigenvalue weighted by Crippen LogP contribution is 2.43. The Kier molecular flexibility index (Phi) is 46.1. The first-order valence-corrected chi connectivity index (χ1v) is 26.5. The first-order valence-electron chi connectivity index (χ1n) is 25.0. The Balaban J connectivity index is 4.05. The van der Waals surface area contributed by atoms with Crippen molar-refractivity contribution in [2.24, 2.45) is 0 Å². The summed E-state index contributed by atoms with van der Waals surface area (Å²) >= 11 is 0. The number of phosphoric acid groups is 1. The van der Waals surface area contributed by atoms with E-state index in [9.17, 15) is 19.4 Å². The highest BCUT2D eigenvalue weighted by molar-refractivity contribution is 7.47. The van der Waals surface area contributed by atoms with E-state index in [0.29, 0.717) is 6.61 Å². The fourth-order valence-electron chi connectivity index (χ4n) is 6.97. The Hall–Kier alpha value is -1.32. The van der Waals surface area contributed by atoms with Crippen LogP contribution in [0.15, 0.2) is 36.5 Å². The van der Waals surface area contributed by atoms with Gasteiger partial charge in [0.2, 0.25) is 0 Å². The molecule has 10 heteroatoms. The largest absolute Gasteiger partial charge is 0.472 e. The van der Waals surface area contributed by atoms with Crippen LogP contribution in [-0.2, 0) is 27.9 Å². The number of aliphatic hydroxyl groups is 2. The van der Waals surface area contributed by atoms with Crippen LogP contribution in [0, 0.1) is 0 Å². The second-order valence-electron chi connectivity index (χ2n) is 16.8. The standard InChI is InChI=1S/C50H95O9P/c1-3-5-7-9-11-13-15-17-19-20-21-22-23-24-25-26-27-29-31-33-35-37-39-41-43-56-46-49(47-58-60(54,55)57-45-48(52)44-51)59-50(53)42-40-38-36-34-32-30-28-18-16-14-12-10-8-6-4-2/h15,17-18,20-21,28,48-49,51-52H,3-14,16,19,22-27,29-47H2,1-2H3,(H,54,55)/b17-15-,21-20-,28-18-. The van der Waals surface area contributed by atoms with Crippen LogP contribution >= 0.6 is 7.82 Å². The molecule has 60 heavy (non-hydrogen) atoms. The van der Waals surface area contributed by atoms with Crippen LogP contribution in [-0.4, -0.2) is 66.3 Å². The number of esters is 1. The number of carbonyl (C=O) groups is 1. The third-order valence-corrected chi connectivity index (χ3v) is 11.7. The first kappa shape index (κ1) is 58.7. The maximum absolute atomic E-state index is 12.6. The summed E-state index contributed by atoms with van der Waals surface area (Å²) in [6.07, 6.45) is 52.5. The zero-order valence-electron chi connectivity index (χ0n) is 38.9. The Morgan fingerprint density at radius 3 is 1.35 bits per heavy atom. The molecule has 0 spiro atoms. The van der Waals surface area contributed by atoms with E-state index in [1.165, 1.54) is 148 Å². The molecular formula is C50H95O9P. The van der Waals surface area contributed by atoms with Gasteiger partial charge < -0.3 is 24.6 Å². The molecule has 354 valence electrons. The molecule has 3 atom stereocenters. The predicted octanol–water partition coefficient (Wildman–Crippen LogP) is 14.4. The molecule has 0 aliphatic heterocycles. The van der Waals surface area contributed by atoms with Crippen LogP contribution < -0.4 is 0 Å². The Morgan fingerprint density at radius 2 is 0.900 bits per heavy atom. The molecule has 0 aliphatic carbocycles. The predicted molar refractivity (Wildman–Crippen MR) is 251 cm³/mol. The van der Waals surface area contributed by atoms with Crippen molar-refractivity contribution < 1.29 is 43.0 Å². The van der Waals surface area contributed by atoms with Gasteiger partial charge in [0.25, 0.3) is 0 Å². The van der Waals surface area contributed by atoms with Gasteiger partial charge in [0, 0.05) is 13.0 Å². The molecule has 0 radical (unpaired) electrons. The van der Waals surface area contributed by atoms with Crippen molar-refractivity contribution in [1.82, 2.24) is 0 Å². The topological polar surface area (TPSA) is 132 Å². The average Bonchev–Trinajstić information content (AvgIpc) is 3.24. The quantitative estimate of drug-likeness (QED) is 0.0237. The fraction of sp³-hybridized carbons (Fsp3) is 0.860. The van der Waals surface area contributed by atoms with Gasteiger partial charge in [0.05, 0.1) is 26.4 Å². The lowest BCUT2D eigenvalue weighted by molar-refractivity contribution is -0.154. The molecule has 0 aromatic carbocycles. The molecule has 0 aliphatic rings. The van der Waals surface area contributed by atoms with E-state index in [1.54, 1.807) is 0 Å². The van der Waals surface area contributed by atoms with Gasteiger partial charge in [0.15, 0.2) is 0 Å². The molecule has 3 unspecified atom stereocenters. The van der Waals surface area contributed by atoms with Gasteiger partial charge >= 0.3 is 13.8 Å². The van der Waals surface area contributed by atoms with Crippen molar-refractivity contribution >= 4 is 13.8 Å². The number of allylic oxidation sites excluding steroid dienone is 6. The Morgan fingerprint density at radius 1 is 0.517 bits per heavy atom. The number of phosphoric ester groups is 1. The van der Waals surface area contributed by atoms with E-state index in [-0.39, 0.29) is 25.6 Å². The zero-order valence-corrected chi connectivity index (χ0v) is 39.8. The van der Waals surface area contributed by atoms with Crippen molar-refractivity contribution in [1.29, 1.82) is 0 Å². The molecule has 0 saturated heterocycles. The van der Waals surface area contributed by atoms with Gasteiger partial charge in [-0.15, -0.1) is 0 Å². The van der Waals surface area contributed by atoms with Crippen molar-refractivity contribution in [3.63, 3.8) is 0 Å². The summed E-state index contributed by atoms with van der Waals surface area (Å²) in [5, 5.41) is 18.4. The molecular weight excluding hydrogens is 776 g/mol. The summed E-state index contributed by atoms with van der Waals surface area (Å²) in [6, 6.07) is 0. The smallest absolute Gasteiger partial charge is 0.457 e. The second kappa shape index (κ2) is 47.2. The number of carbonyl (C=O) groups excluding carboxylic acids is 1. The summed E-state index contributed by atoms with van der Waals surface area (Å²) in [6.45, 7) is 3.52. The van der Waals surface area contributed by atoms with E-state index < -0.39 is 33.2 Å². The Bertz CT molecular complexity index is 1030. The number of hydrogen-bond donors (Lipinski definition) is 3. The minimum atomic E-state index is -4.52. The van der Waals surface area contributed by atoms with Crippen LogP contribution in [0.4, 0.5) is 0 Å². The zero-order chi connectivity index (χ0) is 43.9. The van der Waals surface area contributed by atoms with E-state index in [1.807, 2.05) is 0 Å². The number of unbranched alkanes of at least 4 members (excludes halogenated alkanes) is 28. The van der Waals surface area contributed by atoms with Crippen LogP contribution in [0.3, 0.4) is 0 Å². The summed E-state index contributed by atoms with van der Waals surface area (Å²) in [5.74, 6) is -0.389. The van der Waals surface area contributed by atoms with Crippen molar-refractivity contribution in [3.05, 3.63) is 36.5 Å². The van der Waals surface area contributed by atoms with Crippen molar-refractivity contribution in [3.8, 4) is 0 Å². The highest BCUT2D eigenvalue weighted by atomic mass is 31.2. The molecule has 0 aromatic rings. The van der Waals surface area contributed by atoms with Crippen molar-refractivity contribution in [2.75, 3.05) is 33.0 Å². The molecule has 0 fully saturated rings. The summed E-state index contributed by atoms with van der Waals surface area (Å²) < 4.78 is 33.5. The van der Waals surface area contributed by atoms with Crippen LogP contribution in [0.1, 0.15) is 232 Å². The third-order valence-electron chi connectivity index (χ3n) is 10.8. The normalized spacial score (nSPS) is 14.2. The second-order valence-corrected chi connectivity index (χ2v) is 18.3. The SMILES string of the molecule is CCCCCCC/C=C\C/C=C\CCCCCCCCCCCCCCOCC(COP(=O)(O)OCC(O)CO)OC(=O)CCCCCCC/C=C\CCCCCCCC. The van der Waals surface area contributed by atoms with Gasteiger partial charge in [-0.05, 0) is 70.6 Å². The first-order chi connectivity index (χ1) is 29.3.